The number of methoxy groups -OCH3 is 1. The number of ether oxygens (including phenoxy) is 2. The lowest BCUT2D eigenvalue weighted by atomic mass is 9.91. The Balaban J connectivity index is 2.00. The second kappa shape index (κ2) is 8.34. The zero-order valence-electron chi connectivity index (χ0n) is 15.6. The number of carbonyl (C=O) groups excluding carboxylic acids is 1. The van der Waals surface area contributed by atoms with E-state index in [2.05, 4.69) is 29.5 Å². The number of hydrogen-bond donors (Lipinski definition) is 1. The molecule has 2 rings (SSSR count). The highest BCUT2D eigenvalue weighted by molar-refractivity contribution is 5.94. The lowest BCUT2D eigenvalue weighted by molar-refractivity contribution is 0.0493. The molecule has 0 aliphatic carbocycles. The Labute approximate surface area is 149 Å². The quantitative estimate of drug-likeness (QED) is 0.857. The van der Waals surface area contributed by atoms with Gasteiger partial charge in [0.2, 0.25) is 0 Å². The molecular formula is C19H28N2O4. The SMILES string of the molecule is COC[C@@H](NC(=O)OC(C)(C)C)C1=NOC(Cc2ccccc2)C1C. The van der Waals surface area contributed by atoms with Crippen molar-refractivity contribution in [2.45, 2.75) is 51.9 Å². The molecule has 1 amide bonds. The molecule has 0 saturated carbocycles. The molecule has 6 nitrogen and oxygen atoms in total. The van der Waals surface area contributed by atoms with E-state index in [0.29, 0.717) is 6.61 Å². The first-order chi connectivity index (χ1) is 11.8. The highest BCUT2D eigenvalue weighted by atomic mass is 16.6. The third kappa shape index (κ3) is 5.74. The van der Waals surface area contributed by atoms with E-state index in [9.17, 15) is 4.79 Å². The van der Waals surface area contributed by atoms with Gasteiger partial charge < -0.3 is 19.6 Å². The maximum Gasteiger partial charge on any atom is 0.408 e. The molecule has 1 heterocycles. The second-order valence-corrected chi connectivity index (χ2v) is 7.29. The summed E-state index contributed by atoms with van der Waals surface area (Å²) < 4.78 is 10.6. The van der Waals surface area contributed by atoms with Crippen LogP contribution in [-0.2, 0) is 20.7 Å². The van der Waals surface area contributed by atoms with Crippen LogP contribution in [-0.4, -0.2) is 43.3 Å². The smallest absolute Gasteiger partial charge is 0.408 e. The molecule has 0 fully saturated rings. The number of alkyl carbamates (subject to hydrolysis) is 1. The minimum atomic E-state index is -0.558. The highest BCUT2D eigenvalue weighted by Gasteiger charge is 2.36. The Hall–Kier alpha value is -2.08. The van der Waals surface area contributed by atoms with Crippen LogP contribution in [0.4, 0.5) is 4.79 Å². The predicted octanol–water partition coefficient (Wildman–Crippen LogP) is 3.16. The molecule has 1 aromatic rings. The van der Waals surface area contributed by atoms with Gasteiger partial charge in [0.05, 0.1) is 18.4 Å². The van der Waals surface area contributed by atoms with Crippen molar-refractivity contribution >= 4 is 11.8 Å². The average molecular weight is 348 g/mol. The molecular weight excluding hydrogens is 320 g/mol. The minimum Gasteiger partial charge on any atom is -0.444 e. The summed E-state index contributed by atoms with van der Waals surface area (Å²) in [5, 5.41) is 7.06. The molecule has 25 heavy (non-hydrogen) atoms. The maximum absolute atomic E-state index is 12.1. The minimum absolute atomic E-state index is 0.0582. The third-order valence-corrected chi connectivity index (χ3v) is 3.98. The molecule has 0 saturated heterocycles. The monoisotopic (exact) mass is 348 g/mol. The van der Waals surface area contributed by atoms with Gasteiger partial charge >= 0.3 is 6.09 Å². The predicted molar refractivity (Wildman–Crippen MR) is 96.7 cm³/mol. The van der Waals surface area contributed by atoms with E-state index in [1.54, 1.807) is 7.11 Å². The molecule has 1 N–H and O–H groups in total. The topological polar surface area (TPSA) is 69.2 Å². The van der Waals surface area contributed by atoms with E-state index in [0.717, 1.165) is 12.1 Å². The highest BCUT2D eigenvalue weighted by Crippen LogP contribution is 2.24. The summed E-state index contributed by atoms with van der Waals surface area (Å²) in [4.78, 5) is 17.7. The molecule has 0 bridgehead atoms. The summed E-state index contributed by atoms with van der Waals surface area (Å²) in [7, 11) is 1.59. The first-order valence-electron chi connectivity index (χ1n) is 8.56. The van der Waals surface area contributed by atoms with Gasteiger partial charge in [-0.1, -0.05) is 42.4 Å². The number of benzene rings is 1. The lowest BCUT2D eigenvalue weighted by Gasteiger charge is -2.24. The lowest BCUT2D eigenvalue weighted by Crippen LogP contribution is -2.48. The van der Waals surface area contributed by atoms with Gasteiger partial charge in [0.15, 0.2) is 0 Å². The van der Waals surface area contributed by atoms with Gasteiger partial charge in [-0.15, -0.1) is 0 Å². The molecule has 1 aromatic carbocycles. The van der Waals surface area contributed by atoms with Crippen LogP contribution in [0.25, 0.3) is 0 Å². The van der Waals surface area contributed by atoms with Crippen LogP contribution in [0.2, 0.25) is 0 Å². The van der Waals surface area contributed by atoms with Gasteiger partial charge in [0.1, 0.15) is 11.7 Å². The molecule has 3 atom stereocenters. The van der Waals surface area contributed by atoms with Crippen LogP contribution in [0, 0.1) is 5.92 Å². The summed E-state index contributed by atoms with van der Waals surface area (Å²) in [6, 6.07) is 9.77. The van der Waals surface area contributed by atoms with Gasteiger partial charge in [0.25, 0.3) is 0 Å². The Morgan fingerprint density at radius 3 is 2.60 bits per heavy atom. The van der Waals surface area contributed by atoms with E-state index in [-0.39, 0.29) is 18.1 Å². The molecule has 0 aromatic heterocycles. The van der Waals surface area contributed by atoms with Crippen molar-refractivity contribution in [2.75, 3.05) is 13.7 Å². The number of oxime groups is 1. The third-order valence-electron chi connectivity index (χ3n) is 3.98. The van der Waals surface area contributed by atoms with Gasteiger partial charge in [-0.25, -0.2) is 4.79 Å². The zero-order valence-corrected chi connectivity index (χ0v) is 15.6. The van der Waals surface area contributed by atoms with E-state index in [1.807, 2.05) is 39.0 Å². The van der Waals surface area contributed by atoms with E-state index in [4.69, 9.17) is 14.3 Å². The van der Waals surface area contributed by atoms with Crippen LogP contribution >= 0.6 is 0 Å². The molecule has 2 unspecified atom stereocenters. The normalized spacial score (nSPS) is 21.2. The van der Waals surface area contributed by atoms with Crippen LogP contribution < -0.4 is 5.32 Å². The number of hydrogen-bond acceptors (Lipinski definition) is 5. The number of carbonyl (C=O) groups is 1. The Morgan fingerprint density at radius 2 is 2.00 bits per heavy atom. The summed E-state index contributed by atoms with van der Waals surface area (Å²) in [6.45, 7) is 7.84. The summed E-state index contributed by atoms with van der Waals surface area (Å²) >= 11 is 0. The van der Waals surface area contributed by atoms with Gasteiger partial charge in [-0.3, -0.25) is 0 Å². The molecule has 0 spiro atoms. The summed E-state index contributed by atoms with van der Waals surface area (Å²) in [5.41, 5.74) is 1.41. The molecule has 6 heteroatoms. The van der Waals surface area contributed by atoms with E-state index < -0.39 is 11.7 Å². The van der Waals surface area contributed by atoms with Crippen LogP contribution in [0.15, 0.2) is 35.5 Å². The van der Waals surface area contributed by atoms with Gasteiger partial charge in [-0.2, -0.15) is 0 Å². The molecule has 138 valence electrons. The fourth-order valence-corrected chi connectivity index (χ4v) is 2.75. The van der Waals surface area contributed by atoms with Crippen molar-refractivity contribution in [3.05, 3.63) is 35.9 Å². The van der Waals surface area contributed by atoms with Gasteiger partial charge in [-0.05, 0) is 26.3 Å². The average Bonchev–Trinajstić information content (AvgIpc) is 2.87. The summed E-state index contributed by atoms with van der Waals surface area (Å²) in [6.07, 6.45) is 0.217. The van der Waals surface area contributed by atoms with Crippen molar-refractivity contribution in [3.8, 4) is 0 Å². The van der Waals surface area contributed by atoms with Crippen molar-refractivity contribution in [1.82, 2.24) is 5.32 Å². The van der Waals surface area contributed by atoms with Crippen LogP contribution in [0.5, 0.6) is 0 Å². The largest absolute Gasteiger partial charge is 0.444 e. The first kappa shape index (κ1) is 19.2. The van der Waals surface area contributed by atoms with Crippen molar-refractivity contribution in [1.29, 1.82) is 0 Å². The fourth-order valence-electron chi connectivity index (χ4n) is 2.75. The van der Waals surface area contributed by atoms with Crippen LogP contribution in [0.3, 0.4) is 0 Å². The maximum atomic E-state index is 12.1. The van der Waals surface area contributed by atoms with Crippen molar-refractivity contribution in [2.24, 2.45) is 11.1 Å². The van der Waals surface area contributed by atoms with Crippen molar-refractivity contribution < 1.29 is 19.1 Å². The first-order valence-corrected chi connectivity index (χ1v) is 8.56. The fraction of sp³-hybridized carbons (Fsp3) is 0.579. The standard InChI is InChI=1S/C19H28N2O4/c1-13-16(11-14-9-7-6-8-10-14)25-21-17(13)15(12-23-5)20-18(22)24-19(2,3)4/h6-10,13,15-16H,11-12H2,1-5H3,(H,20,22)/t13?,15-,16?/m1/s1. The van der Waals surface area contributed by atoms with Crippen molar-refractivity contribution in [3.63, 3.8) is 0 Å². The van der Waals surface area contributed by atoms with Gasteiger partial charge in [0, 0.05) is 19.4 Å². The Morgan fingerprint density at radius 1 is 1.32 bits per heavy atom. The molecule has 1 aliphatic rings. The zero-order chi connectivity index (χ0) is 18.4. The Kier molecular flexibility index (Phi) is 6.42. The molecule has 0 radical (unpaired) electrons. The number of nitrogens with one attached hydrogen (secondary N) is 1. The number of amides is 1. The molecule has 1 aliphatic heterocycles. The second-order valence-electron chi connectivity index (χ2n) is 7.29. The van der Waals surface area contributed by atoms with Crippen LogP contribution in [0.1, 0.15) is 33.3 Å². The number of nitrogens with zero attached hydrogens (tertiary/aromatic N) is 1. The Bertz CT molecular complexity index is 595. The summed E-state index contributed by atoms with van der Waals surface area (Å²) in [5.74, 6) is 0.0651. The van der Waals surface area contributed by atoms with E-state index >= 15 is 0 Å². The number of rotatable bonds is 6. The van der Waals surface area contributed by atoms with E-state index in [1.165, 1.54) is 5.56 Å².